The first-order valence-corrected chi connectivity index (χ1v) is 10.5. The molecule has 6 nitrogen and oxygen atoms in total. The third-order valence-electron chi connectivity index (χ3n) is 6.41. The number of likely N-dealkylation sites (tertiary alicyclic amines) is 1. The first kappa shape index (κ1) is 20.1. The zero-order valence-electron chi connectivity index (χ0n) is 17.4. The Hall–Kier alpha value is -3.15. The molecule has 0 bridgehead atoms. The van der Waals surface area contributed by atoms with Crippen LogP contribution in [-0.2, 0) is 15.1 Å². The van der Waals surface area contributed by atoms with Gasteiger partial charge in [0.2, 0.25) is 5.91 Å². The molecule has 30 heavy (non-hydrogen) atoms. The van der Waals surface area contributed by atoms with E-state index in [1.54, 1.807) is 0 Å². The van der Waals surface area contributed by atoms with Crippen molar-refractivity contribution in [2.45, 2.75) is 51.1 Å². The molecule has 2 aliphatic rings. The van der Waals surface area contributed by atoms with E-state index >= 15 is 0 Å². The Kier molecular flexibility index (Phi) is 5.33. The molecule has 0 unspecified atom stereocenters. The maximum atomic E-state index is 13.2. The molecule has 2 aromatic carbocycles. The molecule has 2 aliphatic heterocycles. The largest absolute Gasteiger partial charge is 0.336 e. The van der Waals surface area contributed by atoms with E-state index in [0.29, 0.717) is 12.1 Å². The van der Waals surface area contributed by atoms with Gasteiger partial charge in [-0.15, -0.1) is 0 Å². The number of aryl methyl sites for hydroxylation is 2. The number of hydrogen-bond acceptors (Lipinski definition) is 3. The predicted octanol–water partition coefficient (Wildman–Crippen LogP) is 3.48. The van der Waals surface area contributed by atoms with Gasteiger partial charge in [0, 0.05) is 13.0 Å². The second kappa shape index (κ2) is 7.94. The number of carbonyl (C=O) groups excluding carboxylic acids is 3. The maximum Gasteiger partial charge on any atom is 0.322 e. The number of nitrogens with one attached hydrogen (secondary N) is 2. The summed E-state index contributed by atoms with van der Waals surface area (Å²) in [6, 6.07) is 15.1. The van der Waals surface area contributed by atoms with Gasteiger partial charge in [-0.2, -0.15) is 0 Å². The lowest BCUT2D eigenvalue weighted by Gasteiger charge is -2.29. The van der Waals surface area contributed by atoms with Crippen molar-refractivity contribution in [1.82, 2.24) is 15.5 Å². The summed E-state index contributed by atoms with van der Waals surface area (Å²) in [4.78, 5) is 39.7. The lowest BCUT2D eigenvalue weighted by Crippen LogP contribution is -2.45. The summed E-state index contributed by atoms with van der Waals surface area (Å²) in [6.45, 7) is 4.89. The molecule has 2 atom stereocenters. The fourth-order valence-electron chi connectivity index (χ4n) is 4.56. The Morgan fingerprint density at radius 1 is 1.10 bits per heavy atom. The van der Waals surface area contributed by atoms with Gasteiger partial charge < -0.3 is 10.2 Å². The van der Waals surface area contributed by atoms with Gasteiger partial charge >= 0.3 is 6.03 Å². The molecule has 0 aromatic heterocycles. The van der Waals surface area contributed by atoms with E-state index in [1.807, 2.05) is 35.2 Å². The number of imide groups is 1. The molecule has 0 aliphatic carbocycles. The van der Waals surface area contributed by atoms with Gasteiger partial charge in [0.15, 0.2) is 0 Å². The summed E-state index contributed by atoms with van der Waals surface area (Å²) in [5.41, 5.74) is 3.11. The summed E-state index contributed by atoms with van der Waals surface area (Å²) in [5.74, 6) is -0.390. The van der Waals surface area contributed by atoms with E-state index < -0.39 is 17.5 Å². The van der Waals surface area contributed by atoms with Crippen molar-refractivity contribution in [3.8, 4) is 0 Å². The fraction of sp³-hybridized carbons (Fsp3) is 0.375. The monoisotopic (exact) mass is 405 g/mol. The van der Waals surface area contributed by atoms with Crippen LogP contribution in [0, 0.1) is 13.8 Å². The molecule has 2 fully saturated rings. The quantitative estimate of drug-likeness (QED) is 0.748. The highest BCUT2D eigenvalue weighted by atomic mass is 16.2. The number of hydrogen-bond donors (Lipinski definition) is 2. The predicted molar refractivity (Wildman–Crippen MR) is 114 cm³/mol. The maximum absolute atomic E-state index is 13.2. The number of carbonyl (C=O) groups is 3. The summed E-state index contributed by atoms with van der Waals surface area (Å²) in [7, 11) is 0. The second-order valence-corrected chi connectivity index (χ2v) is 8.27. The smallest absolute Gasteiger partial charge is 0.322 e. The Morgan fingerprint density at radius 3 is 2.53 bits per heavy atom. The Balaban J connectivity index is 1.53. The molecule has 2 saturated heterocycles. The first-order valence-electron chi connectivity index (χ1n) is 10.5. The van der Waals surface area contributed by atoms with E-state index in [2.05, 4.69) is 42.7 Å². The summed E-state index contributed by atoms with van der Waals surface area (Å²) < 4.78 is 0. The highest BCUT2D eigenvalue weighted by molar-refractivity contribution is 6.07. The molecule has 2 heterocycles. The van der Waals surface area contributed by atoms with Crippen LogP contribution in [0.3, 0.4) is 0 Å². The van der Waals surface area contributed by atoms with Gasteiger partial charge in [0.05, 0.1) is 6.04 Å². The molecule has 0 saturated carbocycles. The molecule has 2 N–H and O–H groups in total. The number of rotatable bonds is 5. The lowest BCUT2D eigenvalue weighted by atomic mass is 9.85. The van der Waals surface area contributed by atoms with E-state index in [-0.39, 0.29) is 24.8 Å². The second-order valence-electron chi connectivity index (χ2n) is 8.27. The number of urea groups is 1. The molecule has 4 rings (SSSR count). The summed E-state index contributed by atoms with van der Waals surface area (Å²) >= 11 is 0. The van der Waals surface area contributed by atoms with Crippen LogP contribution < -0.4 is 10.6 Å². The molecule has 0 radical (unpaired) electrons. The fourth-order valence-corrected chi connectivity index (χ4v) is 4.56. The van der Waals surface area contributed by atoms with Crippen LogP contribution in [0.2, 0.25) is 0 Å². The van der Waals surface area contributed by atoms with Crippen LogP contribution in [0.5, 0.6) is 0 Å². The van der Waals surface area contributed by atoms with Crippen molar-refractivity contribution in [2.75, 3.05) is 6.54 Å². The molecular weight excluding hydrogens is 378 g/mol. The summed E-state index contributed by atoms with van der Waals surface area (Å²) in [5, 5.41) is 5.10. The van der Waals surface area contributed by atoms with E-state index in [1.165, 1.54) is 11.1 Å². The van der Waals surface area contributed by atoms with Crippen molar-refractivity contribution in [2.24, 2.45) is 0 Å². The molecule has 6 heteroatoms. The zero-order valence-corrected chi connectivity index (χ0v) is 17.4. The number of benzene rings is 2. The SMILES string of the molecule is Cc1ccc([C@H]2CCCN2C(=O)CC[C@@]2(c3ccccc3)NC(=O)NC2=O)cc1C. The van der Waals surface area contributed by atoms with Gasteiger partial charge in [0.1, 0.15) is 5.54 Å². The molecule has 156 valence electrons. The third kappa shape index (κ3) is 3.58. The minimum absolute atomic E-state index is 0.0139. The van der Waals surface area contributed by atoms with E-state index in [4.69, 9.17) is 0 Å². The van der Waals surface area contributed by atoms with Crippen molar-refractivity contribution in [3.63, 3.8) is 0 Å². The van der Waals surface area contributed by atoms with Crippen LogP contribution in [0.25, 0.3) is 0 Å². The summed E-state index contributed by atoms with van der Waals surface area (Å²) in [6.07, 6.45) is 2.31. The van der Waals surface area contributed by atoms with Crippen molar-refractivity contribution >= 4 is 17.8 Å². The molecule has 2 aromatic rings. The Labute approximate surface area is 176 Å². The van der Waals surface area contributed by atoms with Gasteiger partial charge in [-0.3, -0.25) is 14.9 Å². The first-order chi connectivity index (χ1) is 14.4. The van der Waals surface area contributed by atoms with Gasteiger partial charge in [-0.25, -0.2) is 4.79 Å². The average Bonchev–Trinajstić information content (AvgIpc) is 3.34. The molecule has 4 amide bonds. The normalized spacial score (nSPS) is 23.4. The van der Waals surface area contributed by atoms with Crippen molar-refractivity contribution in [1.29, 1.82) is 0 Å². The van der Waals surface area contributed by atoms with E-state index in [9.17, 15) is 14.4 Å². The lowest BCUT2D eigenvalue weighted by molar-refractivity contribution is -0.133. The van der Waals surface area contributed by atoms with Gasteiger partial charge in [-0.05, 0) is 55.4 Å². The Morgan fingerprint density at radius 2 is 1.87 bits per heavy atom. The van der Waals surface area contributed by atoms with Gasteiger partial charge in [0.25, 0.3) is 5.91 Å². The minimum Gasteiger partial charge on any atom is -0.336 e. The van der Waals surface area contributed by atoms with Crippen molar-refractivity contribution < 1.29 is 14.4 Å². The third-order valence-corrected chi connectivity index (χ3v) is 6.41. The zero-order chi connectivity index (χ0) is 21.3. The Bertz CT molecular complexity index is 988. The molecular formula is C24H27N3O3. The van der Waals surface area contributed by atoms with Crippen LogP contribution in [0.1, 0.15) is 54.0 Å². The standard InChI is InChI=1S/C24H27N3O3/c1-16-10-11-18(15-17(16)2)20-9-6-14-27(20)21(28)12-13-24(19-7-4-3-5-8-19)22(29)25-23(30)26-24/h3-5,7-8,10-11,15,20H,6,9,12-14H2,1-2H3,(H2,25,26,29,30)/t20-,24+/m1/s1. The van der Waals surface area contributed by atoms with Crippen LogP contribution in [0.15, 0.2) is 48.5 Å². The highest BCUT2D eigenvalue weighted by Gasteiger charge is 2.48. The number of amides is 4. The number of nitrogens with zero attached hydrogens (tertiary/aromatic N) is 1. The van der Waals surface area contributed by atoms with Crippen LogP contribution >= 0.6 is 0 Å². The highest BCUT2D eigenvalue weighted by Crippen LogP contribution is 2.35. The minimum atomic E-state index is -1.20. The average molecular weight is 405 g/mol. The topological polar surface area (TPSA) is 78.5 Å². The van der Waals surface area contributed by atoms with Crippen molar-refractivity contribution in [3.05, 3.63) is 70.8 Å². The van der Waals surface area contributed by atoms with Crippen LogP contribution in [-0.4, -0.2) is 29.3 Å². The van der Waals surface area contributed by atoms with Gasteiger partial charge in [-0.1, -0.05) is 48.5 Å². The molecule has 0 spiro atoms. The van der Waals surface area contributed by atoms with Crippen LogP contribution in [0.4, 0.5) is 4.79 Å². The van der Waals surface area contributed by atoms with E-state index in [0.717, 1.165) is 18.4 Å².